The fourth-order valence-electron chi connectivity index (χ4n) is 1.15. The quantitative estimate of drug-likeness (QED) is 0.335. The molecule has 0 aromatic rings. The molecule has 1 heterocycles. The Bertz CT molecular complexity index is 229. The van der Waals surface area contributed by atoms with Crippen molar-refractivity contribution in [3.63, 3.8) is 0 Å². The highest BCUT2D eigenvalue weighted by atomic mass is 15.5. The first-order valence-electron chi connectivity index (χ1n) is 4.58. The van der Waals surface area contributed by atoms with Gasteiger partial charge in [-0.2, -0.15) is 0 Å². The van der Waals surface area contributed by atoms with Gasteiger partial charge in [-0.1, -0.05) is 17.2 Å². The van der Waals surface area contributed by atoms with Crippen LogP contribution in [0.25, 0.3) is 0 Å². The van der Waals surface area contributed by atoms with Gasteiger partial charge in [0, 0.05) is 0 Å². The maximum Gasteiger partial charge on any atom is 0.157 e. The monoisotopic (exact) mass is 166 g/mol. The topological polar surface area (TPSA) is 0 Å². The molecule has 1 fully saturated rings. The van der Waals surface area contributed by atoms with E-state index in [9.17, 15) is 0 Å². The van der Waals surface area contributed by atoms with Gasteiger partial charge in [0.05, 0.1) is 14.1 Å². The van der Waals surface area contributed by atoms with E-state index in [1.54, 1.807) is 0 Å². The Morgan fingerprint density at radius 3 is 2.08 bits per heavy atom. The molecule has 1 heteroatoms. The Morgan fingerprint density at radius 1 is 1.25 bits per heavy atom. The van der Waals surface area contributed by atoms with Gasteiger partial charge in [0.15, 0.2) is 6.04 Å². The van der Waals surface area contributed by atoms with Crippen LogP contribution in [-0.2, 0) is 0 Å². The highest BCUT2D eigenvalue weighted by Crippen LogP contribution is 2.25. The van der Waals surface area contributed by atoms with Gasteiger partial charge in [0.2, 0.25) is 0 Å². The predicted molar refractivity (Wildman–Crippen MR) is 54.0 cm³/mol. The van der Waals surface area contributed by atoms with Crippen molar-refractivity contribution in [2.24, 2.45) is 0 Å². The van der Waals surface area contributed by atoms with Crippen molar-refractivity contribution in [1.82, 2.24) is 0 Å². The lowest BCUT2D eigenvalue weighted by molar-refractivity contribution is -0.764. The Kier molecular flexibility index (Phi) is 2.43. The number of nitrogens with zero attached hydrogens (tertiary/aromatic N) is 1. The van der Waals surface area contributed by atoms with Crippen LogP contribution < -0.4 is 0 Å². The molecule has 12 heavy (non-hydrogen) atoms. The standard InChI is InChI=1S/C11H20N/c1-9(2)10(3)6-7-11-8-12(11,4)5/h6-7,11H,8H2,1-5H3/q+1. The van der Waals surface area contributed by atoms with E-state index in [2.05, 4.69) is 47.0 Å². The zero-order valence-electron chi connectivity index (χ0n) is 8.89. The van der Waals surface area contributed by atoms with E-state index in [0.717, 1.165) is 10.5 Å². The molecule has 0 N–H and O–H groups in total. The minimum Gasteiger partial charge on any atom is -0.313 e. The molecule has 0 aromatic heterocycles. The van der Waals surface area contributed by atoms with Crippen LogP contribution in [0, 0.1) is 0 Å². The van der Waals surface area contributed by atoms with E-state index in [0.29, 0.717) is 0 Å². The van der Waals surface area contributed by atoms with Crippen molar-refractivity contribution < 1.29 is 4.48 Å². The minimum atomic E-state index is 0.763. The van der Waals surface area contributed by atoms with Gasteiger partial charge in [-0.3, -0.25) is 0 Å². The number of rotatable bonds is 2. The summed E-state index contributed by atoms with van der Waals surface area (Å²) in [6.45, 7) is 7.79. The normalized spacial score (nSPS) is 25.9. The molecule has 0 bridgehead atoms. The van der Waals surface area contributed by atoms with Crippen molar-refractivity contribution in [2.45, 2.75) is 26.8 Å². The number of quaternary nitrogens is 1. The average molecular weight is 166 g/mol. The number of allylic oxidation sites excluding steroid dienone is 3. The molecule has 1 aliphatic rings. The average Bonchev–Trinajstić information content (AvgIpc) is 2.54. The highest BCUT2D eigenvalue weighted by Gasteiger charge is 2.44. The van der Waals surface area contributed by atoms with Gasteiger partial charge in [0.25, 0.3) is 0 Å². The van der Waals surface area contributed by atoms with E-state index >= 15 is 0 Å². The summed E-state index contributed by atoms with van der Waals surface area (Å²) in [5, 5.41) is 0. The fourth-order valence-corrected chi connectivity index (χ4v) is 1.15. The predicted octanol–water partition coefficient (Wildman–Crippen LogP) is 2.36. The second kappa shape index (κ2) is 3.06. The van der Waals surface area contributed by atoms with Crippen molar-refractivity contribution in [3.8, 4) is 0 Å². The number of likely N-dealkylation sites (N-methyl/N-ethyl adjacent to an activating group) is 1. The summed E-state index contributed by atoms with van der Waals surface area (Å²) >= 11 is 0. The summed E-state index contributed by atoms with van der Waals surface area (Å²) in [5.41, 5.74) is 2.82. The summed E-state index contributed by atoms with van der Waals surface area (Å²) in [7, 11) is 4.54. The third kappa shape index (κ3) is 2.21. The zero-order chi connectivity index (χ0) is 9.35. The first kappa shape index (κ1) is 9.53. The van der Waals surface area contributed by atoms with E-state index in [1.165, 1.54) is 17.7 Å². The van der Waals surface area contributed by atoms with Gasteiger partial charge < -0.3 is 4.48 Å². The molecule has 1 aliphatic heterocycles. The van der Waals surface area contributed by atoms with Crippen LogP contribution in [0.15, 0.2) is 23.3 Å². The molecule has 68 valence electrons. The zero-order valence-corrected chi connectivity index (χ0v) is 8.89. The van der Waals surface area contributed by atoms with E-state index < -0.39 is 0 Å². The maximum atomic E-state index is 2.34. The molecule has 0 saturated carbocycles. The van der Waals surface area contributed by atoms with E-state index in [1.807, 2.05) is 0 Å². The minimum absolute atomic E-state index is 0.763. The van der Waals surface area contributed by atoms with Gasteiger partial charge in [-0.05, 0) is 26.8 Å². The first-order valence-corrected chi connectivity index (χ1v) is 4.58. The van der Waals surface area contributed by atoms with Crippen LogP contribution in [0.3, 0.4) is 0 Å². The maximum absolute atomic E-state index is 2.34. The van der Waals surface area contributed by atoms with Crippen molar-refractivity contribution >= 4 is 0 Å². The summed E-state index contributed by atoms with van der Waals surface area (Å²) in [6.07, 6.45) is 4.59. The molecule has 0 aliphatic carbocycles. The lowest BCUT2D eigenvalue weighted by atomic mass is 10.1. The summed E-state index contributed by atoms with van der Waals surface area (Å²) in [6, 6.07) is 0.763. The van der Waals surface area contributed by atoms with Crippen molar-refractivity contribution in [1.29, 1.82) is 0 Å². The number of hydrogen-bond acceptors (Lipinski definition) is 0. The SMILES string of the molecule is CC(C)=C(C)C=CC1C[N+]1(C)C. The molecule has 1 atom stereocenters. The van der Waals surface area contributed by atoms with Crippen LogP contribution in [0.1, 0.15) is 20.8 Å². The second-order valence-electron chi connectivity index (χ2n) is 4.57. The largest absolute Gasteiger partial charge is 0.313 e. The Morgan fingerprint density at radius 2 is 1.75 bits per heavy atom. The third-order valence-electron chi connectivity index (χ3n) is 2.78. The van der Waals surface area contributed by atoms with E-state index in [-0.39, 0.29) is 0 Å². The summed E-state index contributed by atoms with van der Waals surface area (Å²) in [5.74, 6) is 0. The van der Waals surface area contributed by atoms with E-state index in [4.69, 9.17) is 0 Å². The smallest absolute Gasteiger partial charge is 0.157 e. The van der Waals surface area contributed by atoms with Crippen LogP contribution in [0.2, 0.25) is 0 Å². The summed E-state index contributed by atoms with van der Waals surface area (Å²) in [4.78, 5) is 0. The number of hydrogen-bond donors (Lipinski definition) is 0. The molecule has 0 radical (unpaired) electrons. The first-order chi connectivity index (χ1) is 5.43. The molecular formula is C11H20N+. The van der Waals surface area contributed by atoms with Crippen LogP contribution >= 0.6 is 0 Å². The molecule has 0 amide bonds. The lowest BCUT2D eigenvalue weighted by Gasteiger charge is -2.02. The lowest BCUT2D eigenvalue weighted by Crippen LogP contribution is -2.14. The highest BCUT2D eigenvalue weighted by molar-refractivity contribution is 5.22. The summed E-state index contributed by atoms with van der Waals surface area (Å²) < 4.78 is 1.16. The van der Waals surface area contributed by atoms with Gasteiger partial charge in [-0.25, -0.2) is 0 Å². The fraction of sp³-hybridized carbons (Fsp3) is 0.636. The third-order valence-corrected chi connectivity index (χ3v) is 2.78. The van der Waals surface area contributed by atoms with Crippen LogP contribution in [0.5, 0.6) is 0 Å². The second-order valence-corrected chi connectivity index (χ2v) is 4.57. The van der Waals surface area contributed by atoms with Crippen LogP contribution in [-0.4, -0.2) is 31.2 Å². The molecule has 1 unspecified atom stereocenters. The van der Waals surface area contributed by atoms with Gasteiger partial charge in [0.1, 0.15) is 6.54 Å². The van der Waals surface area contributed by atoms with Crippen LogP contribution in [0.4, 0.5) is 0 Å². The Balaban J connectivity index is 2.49. The molecule has 1 saturated heterocycles. The Hall–Kier alpha value is -0.560. The molecule has 1 rings (SSSR count). The van der Waals surface area contributed by atoms with Gasteiger partial charge in [-0.15, -0.1) is 0 Å². The van der Waals surface area contributed by atoms with Crippen molar-refractivity contribution in [2.75, 3.05) is 20.6 Å². The Labute approximate surface area is 76.0 Å². The molecular weight excluding hydrogens is 146 g/mol. The van der Waals surface area contributed by atoms with Gasteiger partial charge >= 0.3 is 0 Å². The molecule has 0 aromatic carbocycles. The molecule has 1 nitrogen and oxygen atoms in total. The van der Waals surface area contributed by atoms with Crippen molar-refractivity contribution in [3.05, 3.63) is 23.3 Å². The molecule has 0 spiro atoms.